The molecular formula is C12H9N2O4S-. The van der Waals surface area contributed by atoms with Gasteiger partial charge in [0.1, 0.15) is 0 Å². The maximum Gasteiger partial charge on any atom is 0.261 e. The van der Waals surface area contributed by atoms with E-state index >= 15 is 0 Å². The molecule has 0 atom stereocenters. The maximum atomic E-state index is 12.0. The Balaban J connectivity index is 2.27. The van der Waals surface area contributed by atoms with Crippen LogP contribution in [0.15, 0.2) is 53.7 Å². The molecule has 0 aliphatic heterocycles. The molecule has 6 nitrogen and oxygen atoms in total. The molecule has 1 heterocycles. The van der Waals surface area contributed by atoms with Crippen LogP contribution in [0.2, 0.25) is 0 Å². The van der Waals surface area contributed by atoms with Gasteiger partial charge in [0, 0.05) is 6.20 Å². The van der Waals surface area contributed by atoms with E-state index in [1.165, 1.54) is 36.7 Å². The third-order valence-corrected chi connectivity index (χ3v) is 3.71. The second-order valence-corrected chi connectivity index (χ2v) is 5.34. The topological polar surface area (TPSA) is 99.2 Å². The lowest BCUT2D eigenvalue weighted by molar-refractivity contribution is -0.255. The van der Waals surface area contributed by atoms with Crippen molar-refractivity contribution in [3.05, 3.63) is 54.4 Å². The van der Waals surface area contributed by atoms with Crippen molar-refractivity contribution in [2.75, 3.05) is 4.72 Å². The fourth-order valence-electron chi connectivity index (χ4n) is 1.41. The van der Waals surface area contributed by atoms with E-state index in [0.717, 1.165) is 0 Å². The van der Waals surface area contributed by atoms with Crippen molar-refractivity contribution in [3.63, 3.8) is 0 Å². The van der Waals surface area contributed by atoms with Crippen LogP contribution >= 0.6 is 0 Å². The molecule has 0 spiro atoms. The van der Waals surface area contributed by atoms with E-state index in [1.54, 1.807) is 12.1 Å². The fraction of sp³-hybridized carbons (Fsp3) is 0. The average Bonchev–Trinajstić information content (AvgIpc) is 2.39. The lowest BCUT2D eigenvalue weighted by Crippen LogP contribution is -2.22. The Morgan fingerprint density at radius 1 is 1.16 bits per heavy atom. The Kier molecular flexibility index (Phi) is 3.48. The minimum atomic E-state index is -3.76. The number of hydrogen-bond donors (Lipinski definition) is 1. The van der Waals surface area contributed by atoms with Crippen LogP contribution in [0, 0.1) is 0 Å². The SMILES string of the molecule is O=C([O-])c1ccc(S(=O)(=O)Nc2cccnc2)cc1. The number of aromatic nitrogens is 1. The fourth-order valence-corrected chi connectivity index (χ4v) is 2.45. The van der Waals surface area contributed by atoms with E-state index in [-0.39, 0.29) is 10.5 Å². The number of carbonyl (C=O) groups excluding carboxylic acids is 1. The molecular weight excluding hydrogens is 268 g/mol. The van der Waals surface area contributed by atoms with E-state index in [4.69, 9.17) is 0 Å². The van der Waals surface area contributed by atoms with Gasteiger partial charge in [-0.05, 0) is 29.8 Å². The Hall–Kier alpha value is -2.41. The molecule has 1 aromatic carbocycles. The van der Waals surface area contributed by atoms with Crippen molar-refractivity contribution in [3.8, 4) is 0 Å². The summed E-state index contributed by atoms with van der Waals surface area (Å²) in [5, 5.41) is 10.6. The van der Waals surface area contributed by atoms with Gasteiger partial charge >= 0.3 is 0 Å². The summed E-state index contributed by atoms with van der Waals surface area (Å²) in [5.41, 5.74) is 0.242. The van der Waals surface area contributed by atoms with Crippen LogP contribution in [0.25, 0.3) is 0 Å². The molecule has 19 heavy (non-hydrogen) atoms. The van der Waals surface area contributed by atoms with Crippen LogP contribution in [-0.2, 0) is 10.0 Å². The molecule has 0 amide bonds. The number of benzene rings is 1. The number of carbonyl (C=O) groups is 1. The highest BCUT2D eigenvalue weighted by atomic mass is 32.2. The third kappa shape index (κ3) is 3.08. The summed E-state index contributed by atoms with van der Waals surface area (Å²) in [6.45, 7) is 0. The van der Waals surface area contributed by atoms with E-state index in [9.17, 15) is 18.3 Å². The van der Waals surface area contributed by atoms with E-state index in [1.807, 2.05) is 0 Å². The molecule has 0 bridgehead atoms. The number of nitrogens with zero attached hydrogens (tertiary/aromatic N) is 1. The lowest BCUT2D eigenvalue weighted by Gasteiger charge is -2.08. The summed E-state index contributed by atoms with van der Waals surface area (Å²) in [5.74, 6) is -1.36. The van der Waals surface area contributed by atoms with Gasteiger partial charge < -0.3 is 9.90 Å². The smallest absolute Gasteiger partial charge is 0.261 e. The molecule has 0 saturated carbocycles. The Labute approximate surface area is 109 Å². The van der Waals surface area contributed by atoms with Crippen molar-refractivity contribution < 1.29 is 18.3 Å². The zero-order valence-corrected chi connectivity index (χ0v) is 10.4. The third-order valence-electron chi connectivity index (χ3n) is 2.31. The molecule has 2 rings (SSSR count). The first-order chi connectivity index (χ1) is 8.99. The van der Waals surface area contributed by atoms with Crippen LogP contribution in [-0.4, -0.2) is 19.4 Å². The standard InChI is InChI=1S/C12H10N2O4S/c15-12(16)9-3-5-11(6-4-9)19(17,18)14-10-2-1-7-13-8-10/h1-8,14H,(H,15,16)/p-1. The van der Waals surface area contributed by atoms with Crippen molar-refractivity contribution in [1.29, 1.82) is 0 Å². The van der Waals surface area contributed by atoms with Crippen LogP contribution in [0.3, 0.4) is 0 Å². The van der Waals surface area contributed by atoms with Gasteiger partial charge in [0.05, 0.1) is 22.7 Å². The first-order valence-corrected chi connectivity index (χ1v) is 6.71. The number of rotatable bonds is 4. The molecule has 1 N–H and O–H groups in total. The van der Waals surface area contributed by atoms with Gasteiger partial charge in [-0.1, -0.05) is 12.1 Å². The highest BCUT2D eigenvalue weighted by molar-refractivity contribution is 7.92. The molecule has 0 aliphatic carbocycles. The van der Waals surface area contributed by atoms with Gasteiger partial charge in [-0.15, -0.1) is 0 Å². The summed E-state index contributed by atoms with van der Waals surface area (Å²) in [4.78, 5) is 14.3. The van der Waals surface area contributed by atoms with Crippen molar-refractivity contribution >= 4 is 21.7 Å². The summed E-state index contributed by atoms with van der Waals surface area (Å²) >= 11 is 0. The largest absolute Gasteiger partial charge is 0.545 e. The lowest BCUT2D eigenvalue weighted by atomic mass is 10.2. The van der Waals surface area contributed by atoms with Crippen molar-refractivity contribution in [1.82, 2.24) is 4.98 Å². The molecule has 1 aromatic heterocycles. The normalized spacial score (nSPS) is 10.9. The molecule has 2 aromatic rings. The minimum Gasteiger partial charge on any atom is -0.545 e. The first-order valence-electron chi connectivity index (χ1n) is 5.23. The van der Waals surface area contributed by atoms with E-state index in [2.05, 4.69) is 9.71 Å². The zero-order valence-electron chi connectivity index (χ0n) is 9.61. The second-order valence-electron chi connectivity index (χ2n) is 3.66. The summed E-state index contributed by atoms with van der Waals surface area (Å²) < 4.78 is 26.3. The quantitative estimate of drug-likeness (QED) is 0.863. The Morgan fingerprint density at radius 3 is 2.37 bits per heavy atom. The van der Waals surface area contributed by atoms with Gasteiger partial charge in [-0.2, -0.15) is 0 Å². The van der Waals surface area contributed by atoms with Gasteiger partial charge in [0.15, 0.2) is 0 Å². The highest BCUT2D eigenvalue weighted by Gasteiger charge is 2.13. The van der Waals surface area contributed by atoms with E-state index in [0.29, 0.717) is 5.69 Å². The molecule has 0 radical (unpaired) electrons. The maximum absolute atomic E-state index is 12.0. The summed E-state index contributed by atoms with van der Waals surface area (Å²) in [6.07, 6.45) is 2.89. The minimum absolute atomic E-state index is 0.0404. The average molecular weight is 277 g/mol. The molecule has 7 heteroatoms. The monoisotopic (exact) mass is 277 g/mol. The Bertz CT molecular complexity index is 681. The van der Waals surface area contributed by atoms with Gasteiger partial charge in [-0.25, -0.2) is 8.42 Å². The number of hydrogen-bond acceptors (Lipinski definition) is 5. The summed E-state index contributed by atoms with van der Waals surface area (Å²) in [6, 6.07) is 7.89. The van der Waals surface area contributed by atoms with Crippen LogP contribution in [0.1, 0.15) is 10.4 Å². The molecule has 98 valence electrons. The van der Waals surface area contributed by atoms with Crippen molar-refractivity contribution in [2.45, 2.75) is 4.90 Å². The number of aromatic carboxylic acids is 1. The predicted octanol–water partition coefficient (Wildman–Crippen LogP) is 0.246. The predicted molar refractivity (Wildman–Crippen MR) is 65.8 cm³/mol. The van der Waals surface area contributed by atoms with Crippen LogP contribution < -0.4 is 9.83 Å². The summed E-state index contributed by atoms with van der Waals surface area (Å²) in [7, 11) is -3.76. The van der Waals surface area contributed by atoms with E-state index < -0.39 is 16.0 Å². The van der Waals surface area contributed by atoms with Crippen LogP contribution in [0.4, 0.5) is 5.69 Å². The van der Waals surface area contributed by atoms with Crippen molar-refractivity contribution in [2.24, 2.45) is 0 Å². The number of carboxylic acids is 1. The number of anilines is 1. The molecule has 0 unspecified atom stereocenters. The zero-order chi connectivity index (χ0) is 13.9. The van der Waals surface area contributed by atoms with Crippen LogP contribution in [0.5, 0.6) is 0 Å². The molecule has 0 saturated heterocycles. The number of carboxylic acid groups (broad SMARTS) is 1. The highest BCUT2D eigenvalue weighted by Crippen LogP contribution is 2.15. The first kappa shape index (κ1) is 13.0. The number of pyridine rings is 1. The van der Waals surface area contributed by atoms with Gasteiger partial charge in [0.2, 0.25) is 0 Å². The Morgan fingerprint density at radius 2 is 1.84 bits per heavy atom. The number of sulfonamides is 1. The van der Waals surface area contributed by atoms with Gasteiger partial charge in [0.25, 0.3) is 10.0 Å². The number of nitrogens with one attached hydrogen (secondary N) is 1. The van der Waals surface area contributed by atoms with Gasteiger partial charge in [-0.3, -0.25) is 9.71 Å². The molecule has 0 aliphatic rings. The molecule has 0 fully saturated rings. The second kappa shape index (κ2) is 5.07.